The van der Waals surface area contributed by atoms with Crippen LogP contribution < -0.4 is 5.73 Å². The van der Waals surface area contributed by atoms with Crippen molar-refractivity contribution < 1.29 is 4.74 Å². The number of nitrogens with two attached hydrogens (primary N) is 1. The Labute approximate surface area is 105 Å². The third kappa shape index (κ3) is 5.33. The molecule has 0 saturated carbocycles. The molecule has 2 N–H and O–H groups in total. The molecule has 1 aromatic carbocycles. The standard InChI is InChI=1S/C15H25NO/c1-12(2)5-4-8-17-11-15-7-6-14(10-16)9-13(15)3/h6-7,9,12H,4-5,8,10-11,16H2,1-3H3. The van der Waals surface area contributed by atoms with Gasteiger partial charge in [0, 0.05) is 13.2 Å². The lowest BCUT2D eigenvalue weighted by atomic mass is 10.1. The van der Waals surface area contributed by atoms with Crippen LogP contribution >= 0.6 is 0 Å². The van der Waals surface area contributed by atoms with Crippen molar-refractivity contribution in [2.75, 3.05) is 6.61 Å². The molecule has 1 rings (SSSR count). The summed E-state index contributed by atoms with van der Waals surface area (Å²) in [5.41, 5.74) is 9.34. The van der Waals surface area contributed by atoms with Gasteiger partial charge in [0.1, 0.15) is 0 Å². The third-order valence-electron chi connectivity index (χ3n) is 2.97. The quantitative estimate of drug-likeness (QED) is 0.735. The minimum atomic E-state index is 0.608. The second-order valence-corrected chi connectivity index (χ2v) is 5.05. The van der Waals surface area contributed by atoms with Gasteiger partial charge in [-0.1, -0.05) is 32.0 Å². The van der Waals surface area contributed by atoms with Crippen LogP contribution in [-0.4, -0.2) is 6.61 Å². The van der Waals surface area contributed by atoms with E-state index in [4.69, 9.17) is 10.5 Å². The fraction of sp³-hybridized carbons (Fsp3) is 0.600. The van der Waals surface area contributed by atoms with E-state index in [9.17, 15) is 0 Å². The SMILES string of the molecule is Cc1cc(CN)ccc1COCCCC(C)C. The molecule has 0 aliphatic carbocycles. The summed E-state index contributed by atoms with van der Waals surface area (Å²) in [6.45, 7) is 8.79. The minimum absolute atomic E-state index is 0.608. The zero-order valence-electron chi connectivity index (χ0n) is 11.3. The van der Waals surface area contributed by atoms with E-state index in [1.165, 1.54) is 23.1 Å². The number of hydrogen-bond acceptors (Lipinski definition) is 2. The van der Waals surface area contributed by atoms with Gasteiger partial charge in [-0.15, -0.1) is 0 Å². The molecule has 2 nitrogen and oxygen atoms in total. The highest BCUT2D eigenvalue weighted by molar-refractivity contribution is 5.30. The second-order valence-electron chi connectivity index (χ2n) is 5.05. The summed E-state index contributed by atoms with van der Waals surface area (Å²) in [5.74, 6) is 0.768. The molecular formula is C15H25NO. The van der Waals surface area contributed by atoms with Gasteiger partial charge in [0.05, 0.1) is 6.61 Å². The smallest absolute Gasteiger partial charge is 0.0719 e. The molecule has 0 bridgehead atoms. The molecule has 0 atom stereocenters. The van der Waals surface area contributed by atoms with E-state index in [2.05, 4.69) is 39.0 Å². The Morgan fingerprint density at radius 2 is 2.06 bits per heavy atom. The van der Waals surface area contributed by atoms with Gasteiger partial charge in [-0.05, 0) is 42.4 Å². The Bertz CT molecular complexity index is 334. The van der Waals surface area contributed by atoms with Crippen LogP contribution in [0.3, 0.4) is 0 Å². The van der Waals surface area contributed by atoms with E-state index in [1.807, 2.05) is 0 Å². The topological polar surface area (TPSA) is 35.2 Å². The van der Waals surface area contributed by atoms with Gasteiger partial charge in [0.15, 0.2) is 0 Å². The lowest BCUT2D eigenvalue weighted by molar-refractivity contribution is 0.114. The molecule has 0 unspecified atom stereocenters. The van der Waals surface area contributed by atoms with Crippen LogP contribution in [0.4, 0.5) is 0 Å². The van der Waals surface area contributed by atoms with Gasteiger partial charge in [-0.2, -0.15) is 0 Å². The first kappa shape index (κ1) is 14.2. The summed E-state index contributed by atoms with van der Waals surface area (Å²) >= 11 is 0. The van der Waals surface area contributed by atoms with E-state index >= 15 is 0 Å². The van der Waals surface area contributed by atoms with Crippen molar-refractivity contribution in [2.24, 2.45) is 11.7 Å². The largest absolute Gasteiger partial charge is 0.377 e. The normalized spacial score (nSPS) is 11.1. The predicted octanol–water partition coefficient (Wildman–Crippen LogP) is 3.41. The molecule has 0 saturated heterocycles. The third-order valence-corrected chi connectivity index (χ3v) is 2.97. The average Bonchev–Trinajstić information content (AvgIpc) is 2.30. The molecule has 96 valence electrons. The maximum atomic E-state index is 5.69. The molecule has 17 heavy (non-hydrogen) atoms. The van der Waals surface area contributed by atoms with Gasteiger partial charge in [0.25, 0.3) is 0 Å². The van der Waals surface area contributed by atoms with Crippen molar-refractivity contribution in [3.05, 3.63) is 34.9 Å². The molecule has 1 aromatic rings. The van der Waals surface area contributed by atoms with E-state index in [0.29, 0.717) is 6.54 Å². The Hall–Kier alpha value is -0.860. The van der Waals surface area contributed by atoms with Crippen LogP contribution in [0.1, 0.15) is 43.4 Å². The van der Waals surface area contributed by atoms with E-state index in [1.54, 1.807) is 0 Å². The van der Waals surface area contributed by atoms with Gasteiger partial charge in [-0.25, -0.2) is 0 Å². The summed E-state index contributed by atoms with van der Waals surface area (Å²) in [6, 6.07) is 6.35. The van der Waals surface area contributed by atoms with Crippen molar-refractivity contribution in [1.82, 2.24) is 0 Å². The lowest BCUT2D eigenvalue weighted by Crippen LogP contribution is -2.01. The predicted molar refractivity (Wildman–Crippen MR) is 72.8 cm³/mol. The monoisotopic (exact) mass is 235 g/mol. The highest BCUT2D eigenvalue weighted by atomic mass is 16.5. The molecule has 0 amide bonds. The van der Waals surface area contributed by atoms with Crippen LogP contribution in [0.5, 0.6) is 0 Å². The van der Waals surface area contributed by atoms with Crippen LogP contribution in [0.25, 0.3) is 0 Å². The fourth-order valence-electron chi connectivity index (χ4n) is 1.82. The summed E-state index contributed by atoms with van der Waals surface area (Å²) < 4.78 is 5.69. The first-order chi connectivity index (χ1) is 8.13. The van der Waals surface area contributed by atoms with Crippen LogP contribution in [-0.2, 0) is 17.9 Å². The number of ether oxygens (including phenoxy) is 1. The van der Waals surface area contributed by atoms with Gasteiger partial charge >= 0.3 is 0 Å². The molecule has 0 aliphatic rings. The molecule has 0 aliphatic heterocycles. The Morgan fingerprint density at radius 3 is 2.65 bits per heavy atom. The van der Waals surface area contributed by atoms with Crippen molar-refractivity contribution in [3.63, 3.8) is 0 Å². The number of benzene rings is 1. The number of aryl methyl sites for hydroxylation is 1. The van der Waals surface area contributed by atoms with Crippen LogP contribution in [0.15, 0.2) is 18.2 Å². The Balaban J connectivity index is 2.32. The van der Waals surface area contributed by atoms with Gasteiger partial charge in [-0.3, -0.25) is 0 Å². The van der Waals surface area contributed by atoms with Crippen LogP contribution in [0.2, 0.25) is 0 Å². The molecule has 0 fully saturated rings. The summed E-state index contributed by atoms with van der Waals surface area (Å²) in [4.78, 5) is 0. The zero-order chi connectivity index (χ0) is 12.7. The number of hydrogen-bond donors (Lipinski definition) is 1. The lowest BCUT2D eigenvalue weighted by Gasteiger charge is -2.09. The highest BCUT2D eigenvalue weighted by Gasteiger charge is 2.00. The van der Waals surface area contributed by atoms with E-state index in [0.717, 1.165) is 25.6 Å². The average molecular weight is 235 g/mol. The highest BCUT2D eigenvalue weighted by Crippen LogP contribution is 2.12. The number of rotatable bonds is 7. The minimum Gasteiger partial charge on any atom is -0.377 e. The molecule has 0 radical (unpaired) electrons. The second kappa shape index (κ2) is 7.46. The molecule has 2 heteroatoms. The Morgan fingerprint density at radius 1 is 1.29 bits per heavy atom. The Kier molecular flexibility index (Phi) is 6.23. The fourth-order valence-corrected chi connectivity index (χ4v) is 1.82. The van der Waals surface area contributed by atoms with E-state index < -0.39 is 0 Å². The first-order valence-corrected chi connectivity index (χ1v) is 6.49. The van der Waals surface area contributed by atoms with Crippen molar-refractivity contribution >= 4 is 0 Å². The molecule has 0 spiro atoms. The molecular weight excluding hydrogens is 210 g/mol. The maximum Gasteiger partial charge on any atom is 0.0719 e. The molecule has 0 heterocycles. The van der Waals surface area contributed by atoms with Crippen molar-refractivity contribution in [2.45, 2.75) is 46.8 Å². The van der Waals surface area contributed by atoms with Crippen LogP contribution in [0, 0.1) is 12.8 Å². The zero-order valence-corrected chi connectivity index (χ0v) is 11.3. The van der Waals surface area contributed by atoms with E-state index in [-0.39, 0.29) is 0 Å². The maximum absolute atomic E-state index is 5.69. The summed E-state index contributed by atoms with van der Waals surface area (Å²) in [6.07, 6.45) is 2.39. The molecule has 0 aromatic heterocycles. The van der Waals surface area contributed by atoms with Crippen molar-refractivity contribution in [3.8, 4) is 0 Å². The van der Waals surface area contributed by atoms with Gasteiger partial charge < -0.3 is 10.5 Å². The van der Waals surface area contributed by atoms with Gasteiger partial charge in [0.2, 0.25) is 0 Å². The summed E-state index contributed by atoms with van der Waals surface area (Å²) in [7, 11) is 0. The van der Waals surface area contributed by atoms with Crippen molar-refractivity contribution in [1.29, 1.82) is 0 Å². The summed E-state index contributed by atoms with van der Waals surface area (Å²) in [5, 5.41) is 0. The first-order valence-electron chi connectivity index (χ1n) is 6.49.